The summed E-state index contributed by atoms with van der Waals surface area (Å²) >= 11 is 0. The summed E-state index contributed by atoms with van der Waals surface area (Å²) in [5.41, 5.74) is 3.20. The number of rotatable bonds is 6. The summed E-state index contributed by atoms with van der Waals surface area (Å²) in [4.78, 5) is 0. The average molecular weight is 261 g/mol. The van der Waals surface area contributed by atoms with Crippen molar-refractivity contribution in [3.63, 3.8) is 0 Å². The van der Waals surface area contributed by atoms with E-state index in [4.69, 9.17) is 4.74 Å². The van der Waals surface area contributed by atoms with Crippen molar-refractivity contribution in [2.45, 2.75) is 26.0 Å². The van der Waals surface area contributed by atoms with E-state index < -0.39 is 6.10 Å². The second kappa shape index (κ2) is 6.45. The van der Waals surface area contributed by atoms with E-state index in [1.165, 1.54) is 11.1 Å². The van der Waals surface area contributed by atoms with Gasteiger partial charge in [0.25, 0.3) is 0 Å². The van der Waals surface area contributed by atoms with Gasteiger partial charge >= 0.3 is 0 Å². The van der Waals surface area contributed by atoms with Crippen LogP contribution in [0.15, 0.2) is 30.5 Å². The van der Waals surface area contributed by atoms with Crippen LogP contribution in [0.1, 0.15) is 16.8 Å². The van der Waals surface area contributed by atoms with Crippen LogP contribution < -0.4 is 0 Å². The third kappa shape index (κ3) is 4.15. The Morgan fingerprint density at radius 3 is 2.74 bits per heavy atom. The molecule has 1 aromatic carbocycles. The first kappa shape index (κ1) is 13.7. The average Bonchev–Trinajstić information content (AvgIpc) is 2.80. The molecule has 0 aliphatic heterocycles. The van der Waals surface area contributed by atoms with Gasteiger partial charge in [0.2, 0.25) is 0 Å². The largest absolute Gasteiger partial charge is 0.390 e. The van der Waals surface area contributed by atoms with Crippen LogP contribution in [0.3, 0.4) is 0 Å². The van der Waals surface area contributed by atoms with Gasteiger partial charge < -0.3 is 9.84 Å². The molecule has 0 fully saturated rings. The molecule has 102 valence electrons. The molecule has 5 nitrogen and oxygen atoms in total. The monoisotopic (exact) mass is 261 g/mol. The molecule has 0 aliphatic rings. The smallest absolute Gasteiger partial charge is 0.0853 e. The number of aliphatic hydroxyl groups is 1. The summed E-state index contributed by atoms with van der Waals surface area (Å²) in [5, 5.41) is 17.7. The Bertz CT molecular complexity index is 508. The van der Waals surface area contributed by atoms with Crippen molar-refractivity contribution < 1.29 is 9.84 Å². The van der Waals surface area contributed by atoms with Gasteiger partial charge in [-0.1, -0.05) is 35.0 Å². The van der Waals surface area contributed by atoms with Gasteiger partial charge in [-0.25, -0.2) is 4.68 Å². The van der Waals surface area contributed by atoms with Gasteiger partial charge in [-0.05, 0) is 12.5 Å². The van der Waals surface area contributed by atoms with E-state index in [1.54, 1.807) is 11.8 Å². The fourth-order valence-electron chi connectivity index (χ4n) is 1.88. The molecule has 2 aromatic rings. The standard InChI is InChI=1S/C14H19N3O2/c1-11-3-5-12(6-4-11)8-17-9-13(15-16-17)7-14(18)10-19-2/h3-6,9,14,18H,7-8,10H2,1-2H3/t14-/m0/s1. The molecule has 0 saturated carbocycles. The minimum atomic E-state index is -0.533. The quantitative estimate of drug-likeness (QED) is 0.848. The lowest BCUT2D eigenvalue weighted by Crippen LogP contribution is -2.17. The van der Waals surface area contributed by atoms with E-state index in [0.717, 1.165) is 5.69 Å². The predicted molar refractivity (Wildman–Crippen MR) is 71.9 cm³/mol. The minimum absolute atomic E-state index is 0.310. The highest BCUT2D eigenvalue weighted by Gasteiger charge is 2.08. The molecule has 1 heterocycles. The number of benzene rings is 1. The van der Waals surface area contributed by atoms with E-state index in [9.17, 15) is 5.11 Å². The molecule has 0 saturated heterocycles. The van der Waals surface area contributed by atoms with Crippen molar-refractivity contribution in [3.8, 4) is 0 Å². The van der Waals surface area contributed by atoms with Crippen LogP contribution in [0.25, 0.3) is 0 Å². The van der Waals surface area contributed by atoms with Crippen LogP contribution in [0.4, 0.5) is 0 Å². The molecule has 0 bridgehead atoms. The molecule has 1 aromatic heterocycles. The van der Waals surface area contributed by atoms with E-state index >= 15 is 0 Å². The fraction of sp³-hybridized carbons (Fsp3) is 0.429. The molecule has 0 spiro atoms. The van der Waals surface area contributed by atoms with Crippen LogP contribution in [0, 0.1) is 6.92 Å². The summed E-state index contributed by atoms with van der Waals surface area (Å²) in [6, 6.07) is 8.32. The van der Waals surface area contributed by atoms with Gasteiger partial charge in [0.05, 0.1) is 24.9 Å². The molecular weight excluding hydrogens is 242 g/mol. The number of aromatic nitrogens is 3. The molecule has 5 heteroatoms. The van der Waals surface area contributed by atoms with Gasteiger partial charge in [0, 0.05) is 19.7 Å². The molecule has 0 unspecified atom stereocenters. The van der Waals surface area contributed by atoms with Crippen molar-refractivity contribution in [1.29, 1.82) is 0 Å². The highest BCUT2D eigenvalue weighted by atomic mass is 16.5. The molecule has 0 amide bonds. The Hall–Kier alpha value is -1.72. The van der Waals surface area contributed by atoms with E-state index in [0.29, 0.717) is 19.6 Å². The molecule has 1 N–H and O–H groups in total. The number of hydrogen-bond acceptors (Lipinski definition) is 4. The number of methoxy groups -OCH3 is 1. The maximum atomic E-state index is 9.63. The summed E-state index contributed by atoms with van der Waals surface area (Å²) in [7, 11) is 1.57. The van der Waals surface area contributed by atoms with Crippen molar-refractivity contribution >= 4 is 0 Å². The fourth-order valence-corrected chi connectivity index (χ4v) is 1.88. The Labute approximate surface area is 112 Å². The highest BCUT2D eigenvalue weighted by Crippen LogP contribution is 2.06. The zero-order valence-corrected chi connectivity index (χ0v) is 11.3. The zero-order valence-electron chi connectivity index (χ0n) is 11.3. The van der Waals surface area contributed by atoms with Crippen molar-refractivity contribution in [1.82, 2.24) is 15.0 Å². The molecule has 1 atom stereocenters. The van der Waals surface area contributed by atoms with Crippen LogP contribution in [0.5, 0.6) is 0 Å². The third-order valence-electron chi connectivity index (χ3n) is 2.86. The molecule has 0 radical (unpaired) electrons. The van der Waals surface area contributed by atoms with Crippen molar-refractivity contribution in [3.05, 3.63) is 47.3 Å². The molecule has 0 aliphatic carbocycles. The lowest BCUT2D eigenvalue weighted by atomic mass is 10.1. The lowest BCUT2D eigenvalue weighted by molar-refractivity contribution is 0.0644. The molecular formula is C14H19N3O2. The SMILES string of the molecule is COC[C@@H](O)Cc1cn(Cc2ccc(C)cc2)nn1. The summed E-state index contributed by atoms with van der Waals surface area (Å²) in [5.74, 6) is 0. The second-order valence-electron chi connectivity index (χ2n) is 4.71. The van der Waals surface area contributed by atoms with E-state index in [2.05, 4.69) is 41.5 Å². The van der Waals surface area contributed by atoms with Gasteiger partial charge in [0.15, 0.2) is 0 Å². The molecule has 2 rings (SSSR count). The lowest BCUT2D eigenvalue weighted by Gasteiger charge is -2.05. The van der Waals surface area contributed by atoms with E-state index in [1.807, 2.05) is 6.20 Å². The van der Waals surface area contributed by atoms with Gasteiger partial charge in [0.1, 0.15) is 0 Å². The summed E-state index contributed by atoms with van der Waals surface area (Å²) < 4.78 is 6.66. The number of ether oxygens (including phenoxy) is 1. The normalized spacial score (nSPS) is 12.6. The maximum absolute atomic E-state index is 9.63. The van der Waals surface area contributed by atoms with E-state index in [-0.39, 0.29) is 0 Å². The van der Waals surface area contributed by atoms with Gasteiger partial charge in [-0.2, -0.15) is 0 Å². The highest BCUT2D eigenvalue weighted by molar-refractivity contribution is 5.21. The van der Waals surface area contributed by atoms with Crippen LogP contribution in [0.2, 0.25) is 0 Å². The Morgan fingerprint density at radius 1 is 1.32 bits per heavy atom. The molecule has 19 heavy (non-hydrogen) atoms. The van der Waals surface area contributed by atoms with Gasteiger partial charge in [-0.3, -0.25) is 0 Å². The zero-order chi connectivity index (χ0) is 13.7. The first-order chi connectivity index (χ1) is 9.17. The minimum Gasteiger partial charge on any atom is -0.390 e. The predicted octanol–water partition coefficient (Wildman–Crippen LogP) is 1.18. The van der Waals surface area contributed by atoms with Crippen LogP contribution >= 0.6 is 0 Å². The van der Waals surface area contributed by atoms with Crippen molar-refractivity contribution in [2.75, 3.05) is 13.7 Å². The number of nitrogens with zero attached hydrogens (tertiary/aromatic N) is 3. The third-order valence-corrected chi connectivity index (χ3v) is 2.86. The first-order valence-electron chi connectivity index (χ1n) is 6.29. The summed E-state index contributed by atoms with van der Waals surface area (Å²) in [6.07, 6.45) is 1.79. The second-order valence-corrected chi connectivity index (χ2v) is 4.71. The summed E-state index contributed by atoms with van der Waals surface area (Å²) in [6.45, 7) is 3.06. The number of aryl methyl sites for hydroxylation is 1. The topological polar surface area (TPSA) is 60.2 Å². The number of aliphatic hydroxyl groups excluding tert-OH is 1. The maximum Gasteiger partial charge on any atom is 0.0853 e. The first-order valence-corrected chi connectivity index (χ1v) is 6.29. The van der Waals surface area contributed by atoms with Crippen molar-refractivity contribution in [2.24, 2.45) is 0 Å². The van der Waals surface area contributed by atoms with Crippen LogP contribution in [-0.2, 0) is 17.7 Å². The Balaban J connectivity index is 1.95. The van der Waals surface area contributed by atoms with Crippen LogP contribution in [-0.4, -0.2) is 39.9 Å². The van der Waals surface area contributed by atoms with Gasteiger partial charge in [-0.15, -0.1) is 5.10 Å². The Morgan fingerprint density at radius 2 is 2.05 bits per heavy atom. The Kier molecular flexibility index (Phi) is 4.65. The number of hydrogen-bond donors (Lipinski definition) is 1.